The largest absolute Gasteiger partial charge is 0.394 e. The van der Waals surface area contributed by atoms with E-state index in [0.29, 0.717) is 5.41 Å². The van der Waals surface area contributed by atoms with Crippen LogP contribution in [0.3, 0.4) is 0 Å². The lowest BCUT2D eigenvalue weighted by Crippen LogP contribution is -2.33. The zero-order valence-electron chi connectivity index (χ0n) is 10.5. The van der Waals surface area contributed by atoms with Gasteiger partial charge in [-0.1, -0.05) is 20.3 Å². The van der Waals surface area contributed by atoms with Crippen LogP contribution in [0.4, 0.5) is 11.5 Å². The van der Waals surface area contributed by atoms with E-state index in [-0.39, 0.29) is 0 Å². The summed E-state index contributed by atoms with van der Waals surface area (Å²) in [7, 11) is 1.95. The molecule has 0 saturated heterocycles. The quantitative estimate of drug-likeness (QED) is 0.821. The molecule has 4 nitrogen and oxygen atoms in total. The Bertz CT molecular complexity index is 377. The fourth-order valence-corrected chi connectivity index (χ4v) is 2.32. The highest BCUT2D eigenvalue weighted by atomic mass is 15.3. The zero-order valence-corrected chi connectivity index (χ0v) is 10.5. The Morgan fingerprint density at radius 1 is 1.50 bits per heavy atom. The summed E-state index contributed by atoms with van der Waals surface area (Å²) < 4.78 is 1.86. The van der Waals surface area contributed by atoms with Crippen LogP contribution in [-0.2, 0) is 13.5 Å². The average molecular weight is 222 g/mol. The van der Waals surface area contributed by atoms with Gasteiger partial charge in [0.2, 0.25) is 0 Å². The van der Waals surface area contributed by atoms with Gasteiger partial charge in [0.1, 0.15) is 5.82 Å². The molecule has 1 aliphatic carbocycles. The maximum absolute atomic E-state index is 6.06. The van der Waals surface area contributed by atoms with Crippen molar-refractivity contribution in [1.29, 1.82) is 0 Å². The van der Waals surface area contributed by atoms with Crippen molar-refractivity contribution in [3.05, 3.63) is 5.69 Å². The van der Waals surface area contributed by atoms with E-state index in [2.05, 4.69) is 24.3 Å². The van der Waals surface area contributed by atoms with Gasteiger partial charge in [-0.25, -0.2) is 0 Å². The maximum atomic E-state index is 6.06. The summed E-state index contributed by atoms with van der Waals surface area (Å²) in [5, 5.41) is 7.86. The Balaban J connectivity index is 2.06. The van der Waals surface area contributed by atoms with E-state index in [0.717, 1.165) is 30.2 Å². The Morgan fingerprint density at radius 2 is 2.19 bits per heavy atom. The number of hydrogen-bond donors (Lipinski definition) is 2. The Morgan fingerprint density at radius 3 is 2.62 bits per heavy atom. The van der Waals surface area contributed by atoms with Crippen molar-refractivity contribution in [3.8, 4) is 0 Å². The number of hydrogen-bond acceptors (Lipinski definition) is 3. The van der Waals surface area contributed by atoms with Crippen LogP contribution in [0.25, 0.3) is 0 Å². The van der Waals surface area contributed by atoms with Gasteiger partial charge < -0.3 is 11.1 Å². The summed E-state index contributed by atoms with van der Waals surface area (Å²) in [5.74, 6) is 0.977. The molecule has 2 rings (SSSR count). The highest BCUT2D eigenvalue weighted by Crippen LogP contribution is 2.40. The van der Waals surface area contributed by atoms with Gasteiger partial charge in [-0.15, -0.1) is 0 Å². The van der Waals surface area contributed by atoms with Gasteiger partial charge in [0.15, 0.2) is 0 Å². The molecule has 1 aliphatic rings. The molecule has 1 aromatic heterocycles. The summed E-state index contributed by atoms with van der Waals surface area (Å²) in [6.07, 6.45) is 4.88. The molecule has 1 saturated carbocycles. The topological polar surface area (TPSA) is 55.9 Å². The van der Waals surface area contributed by atoms with Gasteiger partial charge in [0.25, 0.3) is 0 Å². The third kappa shape index (κ3) is 1.88. The van der Waals surface area contributed by atoms with Crippen LogP contribution in [-0.4, -0.2) is 16.3 Å². The smallest absolute Gasteiger partial charge is 0.147 e. The van der Waals surface area contributed by atoms with E-state index < -0.39 is 0 Å². The SMILES string of the molecule is CCc1nn(C)c(NCC2(C)CCC2)c1N. The summed E-state index contributed by atoms with van der Waals surface area (Å²) in [5.41, 5.74) is 8.32. The predicted octanol–water partition coefficient (Wildman–Crippen LogP) is 2.17. The normalized spacial score (nSPS) is 18.2. The van der Waals surface area contributed by atoms with Gasteiger partial charge in [-0.2, -0.15) is 5.10 Å². The second-order valence-corrected chi connectivity index (χ2v) is 5.20. The van der Waals surface area contributed by atoms with Crippen molar-refractivity contribution >= 4 is 11.5 Å². The number of nitrogen functional groups attached to an aromatic ring is 1. The molecule has 0 aliphatic heterocycles. The highest BCUT2D eigenvalue weighted by molar-refractivity contribution is 5.65. The molecular weight excluding hydrogens is 200 g/mol. The van der Waals surface area contributed by atoms with Crippen LogP contribution in [0.5, 0.6) is 0 Å². The molecule has 0 radical (unpaired) electrons. The minimum Gasteiger partial charge on any atom is -0.394 e. The van der Waals surface area contributed by atoms with Crippen LogP contribution in [0, 0.1) is 5.41 Å². The van der Waals surface area contributed by atoms with Crippen molar-refractivity contribution in [1.82, 2.24) is 9.78 Å². The predicted molar refractivity (Wildman–Crippen MR) is 67.4 cm³/mol. The van der Waals surface area contributed by atoms with Crippen LogP contribution in [0.15, 0.2) is 0 Å². The molecular formula is C12H22N4. The Hall–Kier alpha value is -1.19. The summed E-state index contributed by atoms with van der Waals surface area (Å²) >= 11 is 0. The van der Waals surface area contributed by atoms with Crippen LogP contribution >= 0.6 is 0 Å². The molecule has 90 valence electrons. The zero-order chi connectivity index (χ0) is 11.8. The molecule has 3 N–H and O–H groups in total. The number of aromatic nitrogens is 2. The van der Waals surface area contributed by atoms with Crippen molar-refractivity contribution in [2.45, 2.75) is 39.5 Å². The molecule has 0 aromatic carbocycles. The Labute approximate surface area is 97.2 Å². The fraction of sp³-hybridized carbons (Fsp3) is 0.750. The summed E-state index contributed by atoms with van der Waals surface area (Å²) in [6, 6.07) is 0. The highest BCUT2D eigenvalue weighted by Gasteiger charge is 2.31. The first kappa shape index (κ1) is 11.3. The van der Waals surface area contributed by atoms with Crippen molar-refractivity contribution < 1.29 is 0 Å². The van der Waals surface area contributed by atoms with E-state index in [9.17, 15) is 0 Å². The molecule has 1 aromatic rings. The van der Waals surface area contributed by atoms with Gasteiger partial charge in [-0.05, 0) is 24.7 Å². The molecule has 0 unspecified atom stereocenters. The Kier molecular flexibility index (Phi) is 2.82. The monoisotopic (exact) mass is 222 g/mol. The van der Waals surface area contributed by atoms with Crippen LogP contribution < -0.4 is 11.1 Å². The number of anilines is 2. The third-order valence-electron chi connectivity index (χ3n) is 3.74. The minimum atomic E-state index is 0.461. The van der Waals surface area contributed by atoms with Crippen molar-refractivity contribution in [2.24, 2.45) is 12.5 Å². The lowest BCUT2D eigenvalue weighted by atomic mass is 9.70. The van der Waals surface area contributed by atoms with Crippen LogP contribution in [0.1, 0.15) is 38.8 Å². The molecule has 0 atom stereocenters. The number of aryl methyl sites for hydroxylation is 2. The minimum absolute atomic E-state index is 0.461. The van der Waals surface area contributed by atoms with E-state index in [1.54, 1.807) is 0 Å². The van der Waals surface area contributed by atoms with Crippen molar-refractivity contribution in [2.75, 3.05) is 17.6 Å². The van der Waals surface area contributed by atoms with E-state index >= 15 is 0 Å². The number of nitrogens with one attached hydrogen (secondary N) is 1. The molecule has 4 heteroatoms. The second-order valence-electron chi connectivity index (χ2n) is 5.20. The molecule has 0 bridgehead atoms. The number of nitrogens with zero attached hydrogens (tertiary/aromatic N) is 2. The molecule has 16 heavy (non-hydrogen) atoms. The van der Waals surface area contributed by atoms with E-state index in [1.807, 2.05) is 11.7 Å². The van der Waals surface area contributed by atoms with Gasteiger partial charge in [-0.3, -0.25) is 4.68 Å². The number of rotatable bonds is 4. The van der Waals surface area contributed by atoms with Gasteiger partial charge in [0, 0.05) is 13.6 Å². The fourth-order valence-electron chi connectivity index (χ4n) is 2.32. The first-order valence-electron chi connectivity index (χ1n) is 6.11. The van der Waals surface area contributed by atoms with Crippen molar-refractivity contribution in [3.63, 3.8) is 0 Å². The molecule has 0 amide bonds. The second kappa shape index (κ2) is 4.00. The average Bonchev–Trinajstić information content (AvgIpc) is 2.49. The maximum Gasteiger partial charge on any atom is 0.147 e. The summed E-state index contributed by atoms with van der Waals surface area (Å²) in [6.45, 7) is 5.41. The lowest BCUT2D eigenvalue weighted by molar-refractivity contribution is 0.179. The molecule has 1 heterocycles. The van der Waals surface area contributed by atoms with E-state index in [1.165, 1.54) is 19.3 Å². The molecule has 0 spiro atoms. The first-order chi connectivity index (χ1) is 7.56. The number of nitrogens with two attached hydrogens (primary N) is 1. The molecule has 1 fully saturated rings. The third-order valence-corrected chi connectivity index (χ3v) is 3.74. The lowest BCUT2D eigenvalue weighted by Gasteiger charge is -2.38. The van der Waals surface area contributed by atoms with Gasteiger partial charge in [0.05, 0.1) is 11.4 Å². The first-order valence-corrected chi connectivity index (χ1v) is 6.11. The summed E-state index contributed by atoms with van der Waals surface area (Å²) in [4.78, 5) is 0. The van der Waals surface area contributed by atoms with Crippen LogP contribution in [0.2, 0.25) is 0 Å². The standard InChI is InChI=1S/C12H22N4/c1-4-9-10(13)11(16(3)15-9)14-8-12(2)6-5-7-12/h14H,4-8,13H2,1-3H3. The van der Waals surface area contributed by atoms with E-state index in [4.69, 9.17) is 5.73 Å². The van der Waals surface area contributed by atoms with Gasteiger partial charge >= 0.3 is 0 Å².